The van der Waals surface area contributed by atoms with E-state index in [4.69, 9.17) is 10.2 Å². The van der Waals surface area contributed by atoms with Crippen molar-refractivity contribution in [2.75, 3.05) is 20.2 Å². The number of rotatable bonds is 6. The summed E-state index contributed by atoms with van der Waals surface area (Å²) in [5.74, 6) is -0.598. The number of nitrogens with one attached hydrogen (secondary N) is 1. The number of aliphatic hydroxyl groups excluding tert-OH is 1. The first-order chi connectivity index (χ1) is 9.04. The summed E-state index contributed by atoms with van der Waals surface area (Å²) in [6.07, 6.45) is 5.99. The Bertz CT molecular complexity index is 303. The Hall–Kier alpha value is -1.30. The van der Waals surface area contributed by atoms with E-state index in [0.29, 0.717) is 12.5 Å². The second kappa shape index (κ2) is 7.99. The monoisotopic (exact) mass is 272 g/mol. The van der Waals surface area contributed by atoms with Crippen LogP contribution >= 0.6 is 0 Å². The second-order valence-electron chi connectivity index (χ2n) is 5.24. The fourth-order valence-corrected chi connectivity index (χ4v) is 2.49. The highest BCUT2D eigenvalue weighted by Crippen LogP contribution is 2.24. The molecule has 0 bridgehead atoms. The third-order valence-corrected chi connectivity index (χ3v) is 3.62. The normalized spacial score (nSPS) is 17.8. The van der Waals surface area contributed by atoms with E-state index in [9.17, 15) is 9.59 Å². The molecule has 1 aliphatic carbocycles. The van der Waals surface area contributed by atoms with Crippen LogP contribution in [0.4, 0.5) is 4.79 Å². The topological polar surface area (TPSA) is 89.9 Å². The average molecular weight is 272 g/mol. The highest BCUT2D eigenvalue weighted by molar-refractivity contribution is 5.82. The molecule has 0 unspecified atom stereocenters. The molecular weight excluding hydrogens is 248 g/mol. The molecule has 1 atom stereocenters. The lowest BCUT2D eigenvalue weighted by Gasteiger charge is -2.28. The van der Waals surface area contributed by atoms with Crippen LogP contribution in [0.25, 0.3) is 0 Å². The summed E-state index contributed by atoms with van der Waals surface area (Å²) < 4.78 is 0. The van der Waals surface area contributed by atoms with Crippen molar-refractivity contribution in [3.8, 4) is 0 Å². The Morgan fingerprint density at radius 2 is 1.95 bits per heavy atom. The summed E-state index contributed by atoms with van der Waals surface area (Å²) in [7, 11) is 1.68. The Labute approximate surface area is 113 Å². The zero-order chi connectivity index (χ0) is 14.3. The minimum atomic E-state index is -1.12. The van der Waals surface area contributed by atoms with Crippen molar-refractivity contribution in [3.05, 3.63) is 0 Å². The van der Waals surface area contributed by atoms with Crippen LogP contribution < -0.4 is 5.32 Å². The lowest BCUT2D eigenvalue weighted by Crippen LogP contribution is -2.48. The van der Waals surface area contributed by atoms with Crippen molar-refractivity contribution in [2.24, 2.45) is 5.92 Å². The van der Waals surface area contributed by atoms with Gasteiger partial charge in [0.15, 0.2) is 0 Å². The van der Waals surface area contributed by atoms with Gasteiger partial charge < -0.3 is 20.4 Å². The first-order valence-electron chi connectivity index (χ1n) is 6.90. The van der Waals surface area contributed by atoms with Crippen molar-refractivity contribution < 1.29 is 19.8 Å². The molecule has 1 saturated carbocycles. The number of aliphatic carboxylic acids is 1. The number of carbonyl (C=O) groups excluding carboxylic acids is 1. The number of urea groups is 1. The first kappa shape index (κ1) is 15.8. The number of carboxylic acid groups (broad SMARTS) is 1. The van der Waals surface area contributed by atoms with Gasteiger partial charge >= 0.3 is 12.0 Å². The van der Waals surface area contributed by atoms with Gasteiger partial charge in [-0.15, -0.1) is 0 Å². The molecule has 0 saturated heterocycles. The quantitative estimate of drug-likeness (QED) is 0.674. The van der Waals surface area contributed by atoms with Crippen molar-refractivity contribution in [1.29, 1.82) is 0 Å². The lowest BCUT2D eigenvalue weighted by molar-refractivity contribution is -0.139. The van der Waals surface area contributed by atoms with E-state index >= 15 is 0 Å². The van der Waals surface area contributed by atoms with E-state index in [1.165, 1.54) is 19.3 Å². The molecule has 1 fully saturated rings. The fourth-order valence-electron chi connectivity index (χ4n) is 2.49. The maximum absolute atomic E-state index is 11.9. The minimum absolute atomic E-state index is 0.0261. The molecule has 19 heavy (non-hydrogen) atoms. The third kappa shape index (κ3) is 5.46. The van der Waals surface area contributed by atoms with E-state index in [0.717, 1.165) is 12.8 Å². The molecule has 2 amide bonds. The SMILES string of the molecule is CN(CC1CCCCC1)C(=O)N[C@H](CCO)C(=O)O. The summed E-state index contributed by atoms with van der Waals surface area (Å²) >= 11 is 0. The van der Waals surface area contributed by atoms with Crippen LogP contribution in [0.15, 0.2) is 0 Å². The molecule has 1 aliphatic rings. The standard InChI is InChI=1S/C13H24N2O4/c1-15(9-10-5-3-2-4-6-10)13(19)14-11(7-8-16)12(17)18/h10-11,16H,2-9H2,1H3,(H,14,19)(H,17,18)/t11-/m1/s1. The van der Waals surface area contributed by atoms with E-state index < -0.39 is 12.0 Å². The van der Waals surface area contributed by atoms with Crippen LogP contribution in [0.2, 0.25) is 0 Å². The largest absolute Gasteiger partial charge is 0.480 e. The van der Waals surface area contributed by atoms with Crippen molar-refractivity contribution in [1.82, 2.24) is 10.2 Å². The Morgan fingerprint density at radius 3 is 2.47 bits per heavy atom. The molecule has 0 aromatic heterocycles. The number of hydrogen-bond acceptors (Lipinski definition) is 3. The van der Waals surface area contributed by atoms with Gasteiger partial charge in [0.1, 0.15) is 6.04 Å². The van der Waals surface area contributed by atoms with Crippen LogP contribution in [0.1, 0.15) is 38.5 Å². The van der Waals surface area contributed by atoms with Crippen LogP contribution in [0.5, 0.6) is 0 Å². The number of amides is 2. The van der Waals surface area contributed by atoms with Crippen LogP contribution in [-0.4, -0.2) is 53.4 Å². The third-order valence-electron chi connectivity index (χ3n) is 3.62. The molecular formula is C13H24N2O4. The molecule has 6 nitrogen and oxygen atoms in total. The summed E-state index contributed by atoms with van der Waals surface area (Å²) in [6.45, 7) is 0.404. The molecule has 0 heterocycles. The summed E-state index contributed by atoms with van der Waals surface area (Å²) in [5, 5.41) is 20.1. The fraction of sp³-hybridized carbons (Fsp3) is 0.846. The van der Waals surface area contributed by atoms with Gasteiger partial charge in [-0.1, -0.05) is 19.3 Å². The van der Waals surface area contributed by atoms with Gasteiger partial charge in [0.2, 0.25) is 0 Å². The Kier molecular flexibility index (Phi) is 6.62. The highest BCUT2D eigenvalue weighted by Gasteiger charge is 2.23. The number of aliphatic hydroxyl groups is 1. The zero-order valence-corrected chi connectivity index (χ0v) is 11.5. The second-order valence-corrected chi connectivity index (χ2v) is 5.24. The molecule has 110 valence electrons. The van der Waals surface area contributed by atoms with Crippen LogP contribution in [-0.2, 0) is 4.79 Å². The predicted octanol–water partition coefficient (Wildman–Crippen LogP) is 1.04. The number of carbonyl (C=O) groups is 2. The van der Waals surface area contributed by atoms with E-state index in [-0.39, 0.29) is 19.1 Å². The Balaban J connectivity index is 2.39. The maximum Gasteiger partial charge on any atom is 0.326 e. The van der Waals surface area contributed by atoms with E-state index in [1.54, 1.807) is 11.9 Å². The number of nitrogens with zero attached hydrogens (tertiary/aromatic N) is 1. The van der Waals surface area contributed by atoms with Gasteiger partial charge in [-0.3, -0.25) is 0 Å². The Morgan fingerprint density at radius 1 is 1.32 bits per heavy atom. The predicted molar refractivity (Wildman–Crippen MR) is 70.9 cm³/mol. The first-order valence-corrected chi connectivity index (χ1v) is 6.90. The smallest absolute Gasteiger partial charge is 0.326 e. The summed E-state index contributed by atoms with van der Waals surface area (Å²) in [4.78, 5) is 24.3. The van der Waals surface area contributed by atoms with E-state index in [1.807, 2.05) is 0 Å². The van der Waals surface area contributed by atoms with Crippen LogP contribution in [0.3, 0.4) is 0 Å². The molecule has 1 rings (SSSR count). The zero-order valence-electron chi connectivity index (χ0n) is 11.5. The van der Waals surface area contributed by atoms with Gasteiger partial charge in [-0.2, -0.15) is 0 Å². The van der Waals surface area contributed by atoms with Gasteiger partial charge in [0.25, 0.3) is 0 Å². The molecule has 0 spiro atoms. The van der Waals surface area contributed by atoms with Crippen LogP contribution in [0, 0.1) is 5.92 Å². The molecule has 0 aromatic rings. The van der Waals surface area contributed by atoms with Gasteiger partial charge in [-0.05, 0) is 18.8 Å². The summed E-state index contributed by atoms with van der Waals surface area (Å²) in [5.41, 5.74) is 0. The lowest BCUT2D eigenvalue weighted by atomic mass is 9.89. The number of carboxylic acids is 1. The van der Waals surface area contributed by atoms with Gasteiger partial charge in [0, 0.05) is 26.6 Å². The maximum atomic E-state index is 11.9. The molecule has 3 N–H and O–H groups in total. The minimum Gasteiger partial charge on any atom is -0.480 e. The van der Waals surface area contributed by atoms with Crippen molar-refractivity contribution in [2.45, 2.75) is 44.6 Å². The van der Waals surface area contributed by atoms with E-state index in [2.05, 4.69) is 5.32 Å². The van der Waals surface area contributed by atoms with Gasteiger partial charge in [0.05, 0.1) is 0 Å². The van der Waals surface area contributed by atoms with Crippen molar-refractivity contribution >= 4 is 12.0 Å². The molecule has 6 heteroatoms. The van der Waals surface area contributed by atoms with Crippen molar-refractivity contribution in [3.63, 3.8) is 0 Å². The molecule has 0 aromatic carbocycles. The highest BCUT2D eigenvalue weighted by atomic mass is 16.4. The number of hydrogen-bond donors (Lipinski definition) is 3. The van der Waals surface area contributed by atoms with Gasteiger partial charge in [-0.25, -0.2) is 9.59 Å². The molecule has 0 radical (unpaired) electrons. The average Bonchev–Trinajstić information content (AvgIpc) is 2.39. The summed E-state index contributed by atoms with van der Waals surface area (Å²) in [6, 6.07) is -1.40. The molecule has 0 aliphatic heterocycles.